The van der Waals surface area contributed by atoms with Crippen LogP contribution in [0, 0.1) is 5.92 Å². The van der Waals surface area contributed by atoms with Crippen molar-refractivity contribution in [1.82, 2.24) is 25.5 Å². The Morgan fingerprint density at radius 1 is 1.03 bits per heavy atom. The van der Waals surface area contributed by atoms with Crippen LogP contribution in [0.4, 0.5) is 5.69 Å². The maximum atomic E-state index is 12.7. The lowest BCUT2D eigenvalue weighted by atomic mass is 10.1. The number of ether oxygens (including phenoxy) is 2. The molecule has 1 atom stereocenters. The smallest absolute Gasteiger partial charge is 0.227 e. The summed E-state index contributed by atoms with van der Waals surface area (Å²) in [5, 5.41) is 14.5. The fourth-order valence-electron chi connectivity index (χ4n) is 3.45. The SMILES string of the molecule is COc1ccc(N2C[C@@H](C(=O)NCc3nnnn3-c3ccc(OC)cc3)CC2=O)cc1. The van der Waals surface area contributed by atoms with Crippen molar-refractivity contribution in [2.45, 2.75) is 13.0 Å². The number of carbonyl (C=O) groups is 2. The summed E-state index contributed by atoms with van der Waals surface area (Å²) in [7, 11) is 3.18. The molecule has 10 nitrogen and oxygen atoms in total. The second-order valence-corrected chi connectivity index (χ2v) is 7.03. The molecule has 2 amide bonds. The minimum Gasteiger partial charge on any atom is -0.497 e. The average molecular weight is 422 g/mol. The minimum atomic E-state index is -0.445. The van der Waals surface area contributed by atoms with Crippen LogP contribution in [0.1, 0.15) is 12.2 Å². The highest BCUT2D eigenvalue weighted by molar-refractivity contribution is 6.00. The van der Waals surface area contributed by atoms with Gasteiger partial charge in [-0.3, -0.25) is 9.59 Å². The van der Waals surface area contributed by atoms with Crippen molar-refractivity contribution in [3.63, 3.8) is 0 Å². The summed E-state index contributed by atoms with van der Waals surface area (Å²) in [6, 6.07) is 14.4. The highest BCUT2D eigenvalue weighted by Crippen LogP contribution is 2.27. The van der Waals surface area contributed by atoms with Crippen LogP contribution in [0.3, 0.4) is 0 Å². The molecule has 10 heteroatoms. The summed E-state index contributed by atoms with van der Waals surface area (Å²) in [5.74, 6) is 1.16. The van der Waals surface area contributed by atoms with Crippen molar-refractivity contribution in [2.24, 2.45) is 5.92 Å². The van der Waals surface area contributed by atoms with Crippen molar-refractivity contribution in [1.29, 1.82) is 0 Å². The Balaban J connectivity index is 1.38. The van der Waals surface area contributed by atoms with Gasteiger partial charge in [-0.2, -0.15) is 4.68 Å². The zero-order chi connectivity index (χ0) is 21.8. The largest absolute Gasteiger partial charge is 0.497 e. The van der Waals surface area contributed by atoms with Crippen LogP contribution in [-0.4, -0.2) is 52.8 Å². The summed E-state index contributed by atoms with van der Waals surface area (Å²) >= 11 is 0. The molecule has 0 saturated carbocycles. The number of aromatic nitrogens is 4. The molecule has 1 fully saturated rings. The third-order valence-electron chi connectivity index (χ3n) is 5.15. The van der Waals surface area contributed by atoms with E-state index in [4.69, 9.17) is 9.47 Å². The number of hydrogen-bond donors (Lipinski definition) is 1. The van der Waals surface area contributed by atoms with E-state index in [0.717, 1.165) is 17.1 Å². The van der Waals surface area contributed by atoms with Crippen LogP contribution < -0.4 is 19.7 Å². The van der Waals surface area contributed by atoms with Gasteiger partial charge in [0.1, 0.15) is 11.5 Å². The quantitative estimate of drug-likeness (QED) is 0.612. The summed E-state index contributed by atoms with van der Waals surface area (Å²) in [6.45, 7) is 0.464. The average Bonchev–Trinajstić information content (AvgIpc) is 3.44. The Kier molecular flexibility index (Phi) is 5.78. The molecule has 0 bridgehead atoms. The molecule has 2 aromatic carbocycles. The molecule has 160 valence electrons. The van der Waals surface area contributed by atoms with E-state index in [1.54, 1.807) is 60.2 Å². The topological polar surface area (TPSA) is 111 Å². The van der Waals surface area contributed by atoms with Crippen LogP contribution in [0.5, 0.6) is 11.5 Å². The highest BCUT2D eigenvalue weighted by Gasteiger charge is 2.35. The molecule has 4 rings (SSSR count). The van der Waals surface area contributed by atoms with Gasteiger partial charge in [0.25, 0.3) is 0 Å². The van der Waals surface area contributed by atoms with Gasteiger partial charge in [-0.1, -0.05) is 0 Å². The van der Waals surface area contributed by atoms with E-state index in [9.17, 15) is 9.59 Å². The molecule has 0 radical (unpaired) electrons. The monoisotopic (exact) mass is 422 g/mol. The van der Waals surface area contributed by atoms with E-state index >= 15 is 0 Å². The van der Waals surface area contributed by atoms with Crippen LogP contribution in [-0.2, 0) is 16.1 Å². The first-order valence-corrected chi connectivity index (χ1v) is 9.73. The normalized spacial score (nSPS) is 15.7. The first kappa shape index (κ1) is 20.3. The number of anilines is 1. The van der Waals surface area contributed by atoms with Gasteiger partial charge in [0, 0.05) is 18.7 Å². The van der Waals surface area contributed by atoms with E-state index in [-0.39, 0.29) is 24.8 Å². The predicted molar refractivity (Wildman–Crippen MR) is 111 cm³/mol. The number of nitrogens with one attached hydrogen (secondary N) is 1. The molecule has 31 heavy (non-hydrogen) atoms. The first-order chi connectivity index (χ1) is 15.1. The number of hydrogen-bond acceptors (Lipinski definition) is 7. The number of tetrazole rings is 1. The van der Waals surface area contributed by atoms with Gasteiger partial charge in [0.2, 0.25) is 11.8 Å². The zero-order valence-electron chi connectivity index (χ0n) is 17.2. The standard InChI is InChI=1S/C21H22N6O4/c1-30-17-7-3-15(4-8-17)26-13-14(11-20(26)28)21(29)22-12-19-23-24-25-27(19)16-5-9-18(31-2)10-6-16/h3-10,14H,11-13H2,1-2H3,(H,22,29)/t14-/m0/s1. The Morgan fingerprint density at radius 2 is 1.65 bits per heavy atom. The Bertz CT molecular complexity index is 1060. The lowest BCUT2D eigenvalue weighted by Crippen LogP contribution is -2.33. The van der Waals surface area contributed by atoms with Crippen molar-refractivity contribution in [2.75, 3.05) is 25.7 Å². The fourth-order valence-corrected chi connectivity index (χ4v) is 3.45. The number of carbonyl (C=O) groups excluding carboxylic acids is 2. The van der Waals surface area contributed by atoms with E-state index < -0.39 is 5.92 Å². The lowest BCUT2D eigenvalue weighted by Gasteiger charge is -2.17. The predicted octanol–water partition coefficient (Wildman–Crippen LogP) is 1.35. The van der Waals surface area contributed by atoms with E-state index in [1.807, 2.05) is 12.1 Å². The summed E-state index contributed by atoms with van der Waals surface area (Å²) in [5.41, 5.74) is 1.49. The molecule has 1 aliphatic heterocycles. The molecule has 0 spiro atoms. The summed E-state index contributed by atoms with van der Waals surface area (Å²) in [4.78, 5) is 26.7. The third kappa shape index (κ3) is 4.32. The van der Waals surface area contributed by atoms with Gasteiger partial charge in [-0.05, 0) is 59.0 Å². The van der Waals surface area contributed by atoms with Crippen LogP contribution >= 0.6 is 0 Å². The summed E-state index contributed by atoms with van der Waals surface area (Å²) in [6.07, 6.45) is 0.154. The number of rotatable bonds is 7. The van der Waals surface area contributed by atoms with Gasteiger partial charge in [-0.25, -0.2) is 0 Å². The number of benzene rings is 2. The number of nitrogens with zero attached hydrogens (tertiary/aromatic N) is 5. The van der Waals surface area contributed by atoms with Crippen molar-refractivity contribution < 1.29 is 19.1 Å². The highest BCUT2D eigenvalue weighted by atomic mass is 16.5. The van der Waals surface area contributed by atoms with Gasteiger partial charge in [0.15, 0.2) is 5.82 Å². The van der Waals surface area contributed by atoms with Crippen LogP contribution in [0.15, 0.2) is 48.5 Å². The Labute approximate surface area is 178 Å². The molecule has 2 heterocycles. The molecule has 1 aliphatic rings. The van der Waals surface area contributed by atoms with Crippen molar-refractivity contribution >= 4 is 17.5 Å². The van der Waals surface area contributed by atoms with Gasteiger partial charge in [-0.15, -0.1) is 5.10 Å². The second kappa shape index (κ2) is 8.82. The van der Waals surface area contributed by atoms with Gasteiger partial charge < -0.3 is 19.7 Å². The molecule has 0 unspecified atom stereocenters. The maximum absolute atomic E-state index is 12.7. The van der Waals surface area contributed by atoms with Crippen LogP contribution in [0.25, 0.3) is 5.69 Å². The van der Waals surface area contributed by atoms with Crippen molar-refractivity contribution in [3.8, 4) is 17.2 Å². The second-order valence-electron chi connectivity index (χ2n) is 7.03. The molecule has 1 saturated heterocycles. The minimum absolute atomic E-state index is 0.0895. The van der Waals surface area contributed by atoms with Gasteiger partial charge >= 0.3 is 0 Å². The number of amides is 2. The molecule has 3 aromatic rings. The summed E-state index contributed by atoms with van der Waals surface area (Å²) < 4.78 is 11.8. The van der Waals surface area contributed by atoms with E-state index in [0.29, 0.717) is 18.1 Å². The Morgan fingerprint density at radius 3 is 2.26 bits per heavy atom. The number of methoxy groups -OCH3 is 2. The van der Waals surface area contributed by atoms with Crippen molar-refractivity contribution in [3.05, 3.63) is 54.4 Å². The van der Waals surface area contributed by atoms with Crippen LogP contribution in [0.2, 0.25) is 0 Å². The zero-order valence-corrected chi connectivity index (χ0v) is 17.2. The van der Waals surface area contributed by atoms with Gasteiger partial charge in [0.05, 0.1) is 32.4 Å². The van der Waals surface area contributed by atoms with E-state index in [2.05, 4.69) is 20.8 Å². The maximum Gasteiger partial charge on any atom is 0.227 e. The lowest BCUT2D eigenvalue weighted by molar-refractivity contribution is -0.126. The Hall–Kier alpha value is -3.95. The fraction of sp³-hybridized carbons (Fsp3) is 0.286. The molecule has 1 aromatic heterocycles. The molecule has 1 N–H and O–H groups in total. The molecule has 0 aliphatic carbocycles. The first-order valence-electron chi connectivity index (χ1n) is 9.73. The molecular weight excluding hydrogens is 400 g/mol. The van der Waals surface area contributed by atoms with E-state index in [1.165, 1.54) is 0 Å². The third-order valence-corrected chi connectivity index (χ3v) is 5.15. The molecular formula is C21H22N6O4.